The highest BCUT2D eigenvalue weighted by molar-refractivity contribution is 8.07. The molecular formula is C20H24N10O10P2S2. The van der Waals surface area contributed by atoms with E-state index in [1.165, 1.54) is 28.1 Å². The third-order valence-electron chi connectivity index (χ3n) is 7.19. The number of ether oxygens (including phenoxy) is 2. The number of nitrogens with zero attached hydrogens (tertiary/aromatic N) is 7. The highest BCUT2D eigenvalue weighted by Gasteiger charge is 2.50. The van der Waals surface area contributed by atoms with E-state index < -0.39 is 68.6 Å². The molecule has 20 nitrogen and oxygen atoms in total. The normalized spacial score (nSPS) is 36.6. The van der Waals surface area contributed by atoms with Crippen LogP contribution in [0.2, 0.25) is 0 Å². The molecule has 4 aromatic rings. The Morgan fingerprint density at radius 3 is 2.41 bits per heavy atom. The smallest absolute Gasteiger partial charge is 0.325 e. The second-order valence-corrected chi connectivity index (χ2v) is 15.6. The SMILES string of the molecule is Nc1nc2c(ncn2[C@@H]2O[C@@H]3CO[P@@](O)(=S)O[C@H]4[C@@H](O)[C@H](n5cnc6c(N)ncnc65)O[C@@H]4CO[P@@](O)(=S)O[C@@H]2C3)c(=O)[nH]1. The summed E-state index contributed by atoms with van der Waals surface area (Å²) in [6.07, 6.45) is -3.84. The molecule has 236 valence electrons. The van der Waals surface area contributed by atoms with Gasteiger partial charge in [-0.3, -0.25) is 23.4 Å². The van der Waals surface area contributed by atoms with Crippen LogP contribution in [0.3, 0.4) is 0 Å². The van der Waals surface area contributed by atoms with Crippen molar-refractivity contribution in [2.45, 2.75) is 49.4 Å². The lowest BCUT2D eigenvalue weighted by molar-refractivity contribution is -0.0603. The van der Waals surface area contributed by atoms with Gasteiger partial charge in [0.1, 0.15) is 36.3 Å². The second kappa shape index (κ2) is 11.1. The minimum absolute atomic E-state index is 0.00745. The first-order valence-corrected chi connectivity index (χ1v) is 18.0. The summed E-state index contributed by atoms with van der Waals surface area (Å²) in [4.78, 5) is 57.3. The van der Waals surface area contributed by atoms with Gasteiger partial charge in [0.2, 0.25) is 5.95 Å². The quantitative estimate of drug-likeness (QED) is 0.136. The molecular weight excluding hydrogens is 666 g/mol. The molecule has 4 aromatic heterocycles. The minimum atomic E-state index is -4.04. The number of nitrogen functional groups attached to an aromatic ring is 2. The number of rotatable bonds is 2. The topological polar surface area (TPSA) is 275 Å². The molecule has 3 aliphatic rings. The van der Waals surface area contributed by atoms with Gasteiger partial charge in [-0.25, -0.2) is 19.9 Å². The highest BCUT2D eigenvalue weighted by atomic mass is 32.5. The molecule has 7 rings (SSSR count). The van der Waals surface area contributed by atoms with E-state index in [-0.39, 0.29) is 47.1 Å². The predicted molar refractivity (Wildman–Crippen MR) is 155 cm³/mol. The summed E-state index contributed by atoms with van der Waals surface area (Å²) in [6, 6.07) is 0. The van der Waals surface area contributed by atoms with Crippen LogP contribution in [0.25, 0.3) is 22.3 Å². The van der Waals surface area contributed by atoms with E-state index in [2.05, 4.69) is 29.9 Å². The third kappa shape index (κ3) is 5.45. The van der Waals surface area contributed by atoms with E-state index in [0.717, 1.165) is 0 Å². The molecule has 3 saturated heterocycles. The largest absolute Gasteiger partial charge is 0.386 e. The van der Waals surface area contributed by atoms with E-state index in [1.807, 2.05) is 0 Å². The molecule has 7 heterocycles. The van der Waals surface area contributed by atoms with Gasteiger partial charge in [-0.2, -0.15) is 4.98 Å². The monoisotopic (exact) mass is 690 g/mol. The first-order valence-electron chi connectivity index (χ1n) is 12.8. The number of fused-ring (bicyclic) bond motifs is 5. The van der Waals surface area contributed by atoms with Crippen LogP contribution in [-0.4, -0.2) is 97.7 Å². The third-order valence-corrected chi connectivity index (χ3v) is 10.3. The number of hydrogen-bond donors (Lipinski definition) is 6. The van der Waals surface area contributed by atoms with Crippen LogP contribution < -0.4 is 17.0 Å². The Bertz CT molecular complexity index is 1910. The maximum Gasteiger partial charge on any atom is 0.325 e. The standard InChI is InChI=1S/C20H24N10O10P2S2/c21-14-10-15(24-4-23-14)29(5-25-10)19-12(31)13-9(38-19)3-36-41(33,43)39-8-1-7(2-35-42(34,44)40-13)37-18(8)30-6-26-11-16(30)27-20(22)28-17(11)32/h4-9,12-13,18-19,31H,1-3H2,(H,33,43)(H,34,44)(H2,21,23,24)(H3,22,27,28,32)/t7-,8+,9+,12+,13+,18+,19+,41+,42+/m0/s1. The van der Waals surface area contributed by atoms with Crippen molar-refractivity contribution in [2.24, 2.45) is 0 Å². The van der Waals surface area contributed by atoms with Gasteiger partial charge in [0.15, 0.2) is 35.1 Å². The molecule has 0 unspecified atom stereocenters. The van der Waals surface area contributed by atoms with Gasteiger partial charge < -0.3 is 49.4 Å². The molecule has 24 heteroatoms. The molecule has 3 fully saturated rings. The molecule has 0 radical (unpaired) electrons. The molecule has 2 bridgehead atoms. The van der Waals surface area contributed by atoms with E-state index in [4.69, 9.17) is 62.6 Å². The van der Waals surface area contributed by atoms with Crippen LogP contribution in [-0.2, 0) is 51.2 Å². The van der Waals surface area contributed by atoms with Gasteiger partial charge in [-0.1, -0.05) is 0 Å². The van der Waals surface area contributed by atoms with Crippen LogP contribution in [0.5, 0.6) is 0 Å². The summed E-state index contributed by atoms with van der Waals surface area (Å²) in [5, 5.41) is 11.3. The Morgan fingerprint density at radius 1 is 0.909 bits per heavy atom. The number of aromatic nitrogens is 8. The molecule has 0 amide bonds. The summed E-state index contributed by atoms with van der Waals surface area (Å²) < 4.78 is 37.8. The lowest BCUT2D eigenvalue weighted by atomic mass is 10.1. The van der Waals surface area contributed by atoms with E-state index in [0.29, 0.717) is 0 Å². The lowest BCUT2D eigenvalue weighted by Gasteiger charge is -2.28. The van der Waals surface area contributed by atoms with Gasteiger partial charge in [0, 0.05) is 6.42 Å². The van der Waals surface area contributed by atoms with Crippen LogP contribution in [0.1, 0.15) is 18.9 Å². The molecule has 9 atom stereocenters. The van der Waals surface area contributed by atoms with Crippen LogP contribution in [0.15, 0.2) is 23.8 Å². The maximum atomic E-state index is 12.3. The molecule has 0 saturated carbocycles. The zero-order valence-corrected chi connectivity index (χ0v) is 25.5. The number of imidazole rings is 2. The van der Waals surface area contributed by atoms with Gasteiger partial charge in [-0.05, 0) is 23.6 Å². The Kier molecular flexibility index (Phi) is 7.56. The van der Waals surface area contributed by atoms with E-state index in [9.17, 15) is 19.7 Å². The second-order valence-electron chi connectivity index (χ2n) is 10.0. The molecule has 44 heavy (non-hydrogen) atoms. The fourth-order valence-electron chi connectivity index (χ4n) is 5.29. The number of aliphatic hydroxyl groups is 1. The number of H-pyrrole nitrogens is 1. The van der Waals surface area contributed by atoms with Crippen molar-refractivity contribution in [1.82, 2.24) is 39.0 Å². The summed E-state index contributed by atoms with van der Waals surface area (Å²) in [5.74, 6) is -0.0349. The predicted octanol–water partition coefficient (Wildman–Crippen LogP) is -1.08. The van der Waals surface area contributed by atoms with Crippen molar-refractivity contribution >= 4 is 71.1 Å². The zero-order valence-electron chi connectivity index (χ0n) is 22.1. The van der Waals surface area contributed by atoms with E-state index in [1.54, 1.807) is 0 Å². The van der Waals surface area contributed by atoms with Crippen LogP contribution in [0, 0.1) is 0 Å². The summed E-state index contributed by atoms with van der Waals surface area (Å²) in [6.45, 7) is -8.80. The lowest BCUT2D eigenvalue weighted by Crippen LogP contribution is -2.36. The Labute approximate surface area is 255 Å². The highest BCUT2D eigenvalue weighted by Crippen LogP contribution is 2.54. The van der Waals surface area contributed by atoms with Gasteiger partial charge >= 0.3 is 13.4 Å². The average molecular weight is 691 g/mol. The van der Waals surface area contributed by atoms with Crippen molar-refractivity contribution in [3.8, 4) is 0 Å². The van der Waals surface area contributed by atoms with Crippen LogP contribution >= 0.6 is 13.4 Å². The van der Waals surface area contributed by atoms with Crippen molar-refractivity contribution in [3.63, 3.8) is 0 Å². The molecule has 0 aromatic carbocycles. The number of nitrogens with one attached hydrogen (secondary N) is 1. The molecule has 3 aliphatic heterocycles. The fraction of sp³-hybridized carbons (Fsp3) is 0.500. The molecule has 8 N–H and O–H groups in total. The Balaban J connectivity index is 1.19. The Morgan fingerprint density at radius 2 is 1.61 bits per heavy atom. The number of nitrogens with two attached hydrogens (primary N) is 2. The summed E-state index contributed by atoms with van der Waals surface area (Å²) in [5.41, 5.74) is 11.7. The first-order chi connectivity index (χ1) is 20.9. The Hall–Kier alpha value is -2.56. The van der Waals surface area contributed by atoms with Crippen molar-refractivity contribution in [2.75, 3.05) is 24.7 Å². The van der Waals surface area contributed by atoms with Crippen molar-refractivity contribution < 1.29 is 42.5 Å². The van der Waals surface area contributed by atoms with Crippen molar-refractivity contribution in [1.29, 1.82) is 0 Å². The van der Waals surface area contributed by atoms with Gasteiger partial charge in [0.25, 0.3) is 5.56 Å². The molecule has 0 spiro atoms. The summed E-state index contributed by atoms with van der Waals surface area (Å²) in [7, 11) is 0. The zero-order chi connectivity index (χ0) is 31.0. The molecule has 0 aliphatic carbocycles. The number of anilines is 2. The van der Waals surface area contributed by atoms with Crippen molar-refractivity contribution in [3.05, 3.63) is 29.3 Å². The summed E-state index contributed by atoms with van der Waals surface area (Å²) >= 11 is 10.6. The van der Waals surface area contributed by atoms with Gasteiger partial charge in [0.05, 0.1) is 32.0 Å². The first kappa shape index (κ1) is 30.1. The number of aromatic amines is 1. The number of aliphatic hydroxyl groups excluding tert-OH is 1. The van der Waals surface area contributed by atoms with Crippen LogP contribution in [0.4, 0.5) is 11.8 Å². The average Bonchev–Trinajstić information content (AvgIpc) is 3.72. The van der Waals surface area contributed by atoms with Gasteiger partial charge in [-0.15, -0.1) is 0 Å². The fourth-order valence-corrected chi connectivity index (χ4v) is 8.20. The maximum absolute atomic E-state index is 12.3. The van der Waals surface area contributed by atoms with E-state index >= 15 is 0 Å². The minimum Gasteiger partial charge on any atom is -0.386 e. The number of hydrogen-bond acceptors (Lipinski definition) is 17.